The number of anilines is 3. The number of amides is 2. The number of nitrogens with one attached hydrogen (secondary N) is 2. The van der Waals surface area contributed by atoms with Gasteiger partial charge >= 0.3 is 0 Å². The topological polar surface area (TPSA) is 70.7 Å². The summed E-state index contributed by atoms with van der Waals surface area (Å²) >= 11 is 0. The van der Waals surface area contributed by atoms with E-state index in [1.807, 2.05) is 48.5 Å². The Balaban J connectivity index is 1.55. The standard InChI is InChI=1S/C19H21N3O3/c1-25-17-6-3-2-5-16(17)20-13-18(23)21-14-8-10-15(11-9-14)22-12-4-7-19(22)24/h2-3,5-6,8-11,20H,4,7,12-13H2,1H3,(H,21,23). The molecule has 1 saturated heterocycles. The van der Waals surface area contributed by atoms with E-state index in [-0.39, 0.29) is 18.4 Å². The van der Waals surface area contributed by atoms with Crippen LogP contribution >= 0.6 is 0 Å². The molecular weight excluding hydrogens is 318 g/mol. The molecule has 25 heavy (non-hydrogen) atoms. The zero-order chi connectivity index (χ0) is 17.6. The molecule has 1 heterocycles. The van der Waals surface area contributed by atoms with E-state index in [1.165, 1.54) is 0 Å². The number of benzene rings is 2. The van der Waals surface area contributed by atoms with Gasteiger partial charge < -0.3 is 20.3 Å². The van der Waals surface area contributed by atoms with Crippen LogP contribution in [0.2, 0.25) is 0 Å². The van der Waals surface area contributed by atoms with Gasteiger partial charge in [0.1, 0.15) is 5.75 Å². The summed E-state index contributed by atoms with van der Waals surface area (Å²) in [5.41, 5.74) is 2.33. The lowest BCUT2D eigenvalue weighted by Gasteiger charge is -2.16. The van der Waals surface area contributed by atoms with Crippen molar-refractivity contribution >= 4 is 28.9 Å². The molecule has 3 rings (SSSR count). The van der Waals surface area contributed by atoms with Crippen molar-refractivity contribution in [3.8, 4) is 5.75 Å². The summed E-state index contributed by atoms with van der Waals surface area (Å²) in [5.74, 6) is 0.684. The molecule has 2 N–H and O–H groups in total. The molecule has 0 radical (unpaired) electrons. The summed E-state index contributed by atoms with van der Waals surface area (Å²) in [4.78, 5) is 25.6. The van der Waals surface area contributed by atoms with Crippen LogP contribution in [-0.4, -0.2) is 32.0 Å². The van der Waals surface area contributed by atoms with Crippen LogP contribution in [0.25, 0.3) is 0 Å². The number of hydrogen-bond donors (Lipinski definition) is 2. The van der Waals surface area contributed by atoms with E-state index in [9.17, 15) is 9.59 Å². The van der Waals surface area contributed by atoms with Crippen LogP contribution in [0.5, 0.6) is 5.75 Å². The van der Waals surface area contributed by atoms with Crippen molar-refractivity contribution in [1.29, 1.82) is 0 Å². The Morgan fingerprint density at radius 2 is 1.92 bits per heavy atom. The molecule has 1 aliphatic heterocycles. The Morgan fingerprint density at radius 1 is 1.16 bits per heavy atom. The lowest BCUT2D eigenvalue weighted by molar-refractivity contribution is -0.117. The van der Waals surface area contributed by atoms with E-state index in [4.69, 9.17) is 4.74 Å². The zero-order valence-electron chi connectivity index (χ0n) is 14.1. The molecular formula is C19H21N3O3. The molecule has 1 aliphatic rings. The molecule has 0 atom stereocenters. The minimum absolute atomic E-state index is 0.132. The molecule has 6 heteroatoms. The molecule has 2 amide bonds. The molecule has 0 spiro atoms. The highest BCUT2D eigenvalue weighted by Gasteiger charge is 2.21. The normalized spacial score (nSPS) is 13.6. The van der Waals surface area contributed by atoms with Gasteiger partial charge in [0.25, 0.3) is 0 Å². The first-order valence-corrected chi connectivity index (χ1v) is 8.24. The molecule has 2 aromatic rings. The third kappa shape index (κ3) is 4.09. The fourth-order valence-electron chi connectivity index (χ4n) is 2.82. The van der Waals surface area contributed by atoms with Crippen molar-refractivity contribution in [2.45, 2.75) is 12.8 Å². The number of para-hydroxylation sites is 2. The summed E-state index contributed by atoms with van der Waals surface area (Å²) in [7, 11) is 1.59. The maximum Gasteiger partial charge on any atom is 0.243 e. The Labute approximate surface area is 146 Å². The van der Waals surface area contributed by atoms with Gasteiger partial charge in [-0.15, -0.1) is 0 Å². The van der Waals surface area contributed by atoms with Gasteiger partial charge in [0.05, 0.1) is 19.3 Å². The van der Waals surface area contributed by atoms with Crippen molar-refractivity contribution < 1.29 is 14.3 Å². The number of carbonyl (C=O) groups excluding carboxylic acids is 2. The summed E-state index contributed by atoms with van der Waals surface area (Å²) in [5, 5.41) is 5.89. The molecule has 0 aliphatic carbocycles. The molecule has 2 aromatic carbocycles. The molecule has 0 saturated carbocycles. The number of methoxy groups -OCH3 is 1. The number of rotatable bonds is 6. The molecule has 0 bridgehead atoms. The van der Waals surface area contributed by atoms with Crippen molar-refractivity contribution in [2.24, 2.45) is 0 Å². The lowest BCUT2D eigenvalue weighted by Crippen LogP contribution is -2.24. The molecule has 6 nitrogen and oxygen atoms in total. The monoisotopic (exact) mass is 339 g/mol. The van der Waals surface area contributed by atoms with Crippen molar-refractivity contribution in [2.75, 3.05) is 35.7 Å². The quantitative estimate of drug-likeness (QED) is 0.849. The average molecular weight is 339 g/mol. The van der Waals surface area contributed by atoms with E-state index in [0.717, 1.165) is 24.3 Å². The predicted molar refractivity (Wildman–Crippen MR) is 98.1 cm³/mol. The third-order valence-corrected chi connectivity index (χ3v) is 4.08. The lowest BCUT2D eigenvalue weighted by atomic mass is 10.2. The first-order chi connectivity index (χ1) is 12.2. The predicted octanol–water partition coefficient (Wildman–Crippen LogP) is 2.87. The van der Waals surface area contributed by atoms with Gasteiger partial charge in [0, 0.05) is 24.3 Å². The molecule has 130 valence electrons. The fourth-order valence-corrected chi connectivity index (χ4v) is 2.82. The second-order valence-electron chi connectivity index (χ2n) is 5.80. The van der Waals surface area contributed by atoms with E-state index < -0.39 is 0 Å². The van der Waals surface area contributed by atoms with Crippen molar-refractivity contribution in [3.05, 3.63) is 48.5 Å². The number of carbonyl (C=O) groups is 2. The SMILES string of the molecule is COc1ccccc1NCC(=O)Nc1ccc(N2CCCC2=O)cc1. The van der Waals surface area contributed by atoms with E-state index >= 15 is 0 Å². The minimum Gasteiger partial charge on any atom is -0.495 e. The van der Waals surface area contributed by atoms with Crippen LogP contribution in [0.15, 0.2) is 48.5 Å². The number of nitrogens with zero attached hydrogens (tertiary/aromatic N) is 1. The Bertz CT molecular complexity index is 759. The van der Waals surface area contributed by atoms with Crippen LogP contribution in [0.4, 0.5) is 17.1 Å². The van der Waals surface area contributed by atoms with Gasteiger partial charge in [0.15, 0.2) is 0 Å². The highest BCUT2D eigenvalue weighted by Crippen LogP contribution is 2.24. The molecule has 1 fully saturated rings. The Hall–Kier alpha value is -3.02. The largest absolute Gasteiger partial charge is 0.495 e. The Morgan fingerprint density at radius 3 is 2.60 bits per heavy atom. The highest BCUT2D eigenvalue weighted by molar-refractivity contribution is 5.96. The number of ether oxygens (including phenoxy) is 1. The average Bonchev–Trinajstić information content (AvgIpc) is 3.07. The summed E-state index contributed by atoms with van der Waals surface area (Å²) < 4.78 is 5.24. The maximum absolute atomic E-state index is 12.1. The second kappa shape index (κ2) is 7.70. The number of hydrogen-bond acceptors (Lipinski definition) is 4. The maximum atomic E-state index is 12.1. The van der Waals surface area contributed by atoms with Gasteiger partial charge in [-0.25, -0.2) is 0 Å². The van der Waals surface area contributed by atoms with Crippen molar-refractivity contribution in [3.63, 3.8) is 0 Å². The van der Waals surface area contributed by atoms with Crippen LogP contribution < -0.4 is 20.3 Å². The summed E-state index contributed by atoms with van der Waals surface area (Å²) in [6, 6.07) is 14.8. The first-order valence-electron chi connectivity index (χ1n) is 8.24. The fraction of sp³-hybridized carbons (Fsp3) is 0.263. The van der Waals surface area contributed by atoms with Gasteiger partial charge in [-0.2, -0.15) is 0 Å². The van der Waals surface area contributed by atoms with Gasteiger partial charge in [0.2, 0.25) is 11.8 Å². The zero-order valence-corrected chi connectivity index (χ0v) is 14.1. The van der Waals surface area contributed by atoms with Gasteiger partial charge in [-0.1, -0.05) is 12.1 Å². The molecule has 0 unspecified atom stereocenters. The first kappa shape index (κ1) is 16.8. The smallest absolute Gasteiger partial charge is 0.243 e. The van der Waals surface area contributed by atoms with Gasteiger partial charge in [-0.05, 0) is 42.8 Å². The second-order valence-corrected chi connectivity index (χ2v) is 5.80. The van der Waals surface area contributed by atoms with Crippen molar-refractivity contribution in [1.82, 2.24) is 0 Å². The van der Waals surface area contributed by atoms with E-state index in [2.05, 4.69) is 10.6 Å². The third-order valence-electron chi connectivity index (χ3n) is 4.08. The Kier molecular flexibility index (Phi) is 5.18. The molecule has 0 aromatic heterocycles. The van der Waals surface area contributed by atoms with Crippen LogP contribution in [0.3, 0.4) is 0 Å². The minimum atomic E-state index is -0.157. The summed E-state index contributed by atoms with van der Waals surface area (Å²) in [6.07, 6.45) is 1.50. The van der Waals surface area contributed by atoms with E-state index in [1.54, 1.807) is 12.0 Å². The summed E-state index contributed by atoms with van der Waals surface area (Å²) in [6.45, 7) is 0.889. The van der Waals surface area contributed by atoms with Crippen LogP contribution in [-0.2, 0) is 9.59 Å². The van der Waals surface area contributed by atoms with E-state index in [0.29, 0.717) is 17.9 Å². The highest BCUT2D eigenvalue weighted by atomic mass is 16.5. The van der Waals surface area contributed by atoms with Crippen LogP contribution in [0.1, 0.15) is 12.8 Å². The van der Waals surface area contributed by atoms with Crippen LogP contribution in [0, 0.1) is 0 Å². The van der Waals surface area contributed by atoms with Gasteiger partial charge in [-0.3, -0.25) is 9.59 Å².